The van der Waals surface area contributed by atoms with Crippen LogP contribution in [0.3, 0.4) is 0 Å². The Kier molecular flexibility index (Phi) is 27.4. The van der Waals surface area contributed by atoms with Crippen LogP contribution >= 0.6 is 0 Å². The molecule has 132 valence electrons. The van der Waals surface area contributed by atoms with Crippen LogP contribution < -0.4 is 0 Å². The second-order valence-electron chi connectivity index (χ2n) is 6.91. The van der Waals surface area contributed by atoms with Crippen LogP contribution in [0.1, 0.15) is 100 Å². The zero-order chi connectivity index (χ0) is 17.1. The summed E-state index contributed by atoms with van der Waals surface area (Å²) in [4.78, 5) is 2.25. The number of nitrogens with zero attached hydrogens (tertiary/aromatic N) is 1. The summed E-state index contributed by atoms with van der Waals surface area (Å²) in [6, 6.07) is 0. The first kappa shape index (κ1) is 25.9. The van der Waals surface area contributed by atoms with E-state index in [1.807, 2.05) is 0 Å². The van der Waals surface area contributed by atoms with Gasteiger partial charge in [-0.3, -0.25) is 0 Å². The van der Waals surface area contributed by atoms with Gasteiger partial charge >= 0.3 is 0 Å². The molecule has 1 heteroatoms. The molecule has 0 radical (unpaired) electrons. The lowest BCUT2D eigenvalue weighted by molar-refractivity contribution is 0.373. The van der Waals surface area contributed by atoms with E-state index < -0.39 is 0 Å². The van der Waals surface area contributed by atoms with Gasteiger partial charge < -0.3 is 4.90 Å². The summed E-state index contributed by atoms with van der Waals surface area (Å²) in [7, 11) is 2.11. The summed E-state index contributed by atoms with van der Waals surface area (Å²) < 4.78 is 0. The highest BCUT2D eigenvalue weighted by Gasteiger charge is 1.90. The SMILES string of the molecule is CCCCC(C)C.CCCCCC(C)C.CCN(C)CC. The maximum absolute atomic E-state index is 2.29. The molecule has 0 unspecified atom stereocenters. The molecule has 0 rings (SSSR count). The fraction of sp³-hybridized carbons (Fsp3) is 1.00. The Morgan fingerprint density at radius 1 is 0.619 bits per heavy atom. The third-order valence-corrected chi connectivity index (χ3v) is 3.60. The largest absolute Gasteiger partial charge is 0.307 e. The number of unbranched alkanes of at least 4 members (excludes halogenated alkanes) is 3. The first-order valence-corrected chi connectivity index (χ1v) is 9.53. The minimum absolute atomic E-state index is 0.903. The normalized spacial score (nSPS) is 10.3. The molecule has 0 aliphatic carbocycles. The van der Waals surface area contributed by atoms with Crippen molar-refractivity contribution in [1.82, 2.24) is 4.90 Å². The van der Waals surface area contributed by atoms with Crippen LogP contribution in [-0.4, -0.2) is 25.0 Å². The standard InChI is InChI=1S/C8H18.C7H16.C5H13N/c1-4-5-6-7-8(2)3;1-4-5-6-7(2)3;1-4-6(3)5-2/h8H,4-7H2,1-3H3;7H,4-6H2,1-3H3;4-5H2,1-3H3. The van der Waals surface area contributed by atoms with Crippen molar-refractivity contribution in [2.45, 2.75) is 100 Å². The van der Waals surface area contributed by atoms with E-state index in [1.54, 1.807) is 0 Å². The summed E-state index contributed by atoms with van der Waals surface area (Å²) in [6.45, 7) is 20.2. The highest BCUT2D eigenvalue weighted by Crippen LogP contribution is 2.06. The lowest BCUT2D eigenvalue weighted by atomic mass is 10.1. The van der Waals surface area contributed by atoms with E-state index in [2.05, 4.69) is 67.3 Å². The van der Waals surface area contributed by atoms with E-state index in [-0.39, 0.29) is 0 Å². The molecule has 0 saturated heterocycles. The molecule has 21 heavy (non-hydrogen) atoms. The average molecular weight is 302 g/mol. The van der Waals surface area contributed by atoms with Gasteiger partial charge in [0.1, 0.15) is 0 Å². The van der Waals surface area contributed by atoms with Gasteiger partial charge in [0.05, 0.1) is 0 Å². The van der Waals surface area contributed by atoms with Gasteiger partial charge in [0.25, 0.3) is 0 Å². The van der Waals surface area contributed by atoms with Crippen molar-refractivity contribution >= 4 is 0 Å². The van der Waals surface area contributed by atoms with Crippen molar-refractivity contribution in [2.75, 3.05) is 20.1 Å². The Morgan fingerprint density at radius 2 is 1.00 bits per heavy atom. The fourth-order valence-corrected chi connectivity index (χ4v) is 1.64. The Labute approximate surface area is 137 Å². The van der Waals surface area contributed by atoms with Gasteiger partial charge in [0.2, 0.25) is 0 Å². The molecule has 0 spiro atoms. The van der Waals surface area contributed by atoms with Crippen molar-refractivity contribution in [3.63, 3.8) is 0 Å². The van der Waals surface area contributed by atoms with Crippen LogP contribution in [0.5, 0.6) is 0 Å². The highest BCUT2D eigenvalue weighted by atomic mass is 15.1. The molecule has 0 aromatic heterocycles. The van der Waals surface area contributed by atoms with Crippen LogP contribution in [0.4, 0.5) is 0 Å². The number of rotatable bonds is 9. The summed E-state index contributed by atoms with van der Waals surface area (Å²) in [5, 5.41) is 0. The predicted molar refractivity (Wildman–Crippen MR) is 102 cm³/mol. The summed E-state index contributed by atoms with van der Waals surface area (Å²) in [6.07, 6.45) is 9.75. The van der Waals surface area contributed by atoms with E-state index in [4.69, 9.17) is 0 Å². The molecule has 0 saturated carbocycles. The Bertz CT molecular complexity index is 148. The van der Waals surface area contributed by atoms with Gasteiger partial charge in [-0.25, -0.2) is 0 Å². The first-order valence-electron chi connectivity index (χ1n) is 9.53. The molecule has 0 aliphatic rings. The molecule has 0 atom stereocenters. The molecule has 0 aromatic rings. The third-order valence-electron chi connectivity index (χ3n) is 3.60. The van der Waals surface area contributed by atoms with E-state index >= 15 is 0 Å². The van der Waals surface area contributed by atoms with Gasteiger partial charge in [-0.2, -0.15) is 0 Å². The van der Waals surface area contributed by atoms with E-state index in [0.29, 0.717) is 0 Å². The minimum Gasteiger partial charge on any atom is -0.307 e. The zero-order valence-corrected chi connectivity index (χ0v) is 17.0. The van der Waals surface area contributed by atoms with Crippen molar-refractivity contribution in [2.24, 2.45) is 11.8 Å². The lowest BCUT2D eigenvalue weighted by Crippen LogP contribution is -2.15. The second kappa shape index (κ2) is 22.2. The smallest absolute Gasteiger partial charge is 0.00504 e. The third kappa shape index (κ3) is 38.3. The van der Waals surface area contributed by atoms with Gasteiger partial charge in [0.15, 0.2) is 0 Å². The summed E-state index contributed by atoms with van der Waals surface area (Å²) in [5.74, 6) is 1.81. The molecular weight excluding hydrogens is 254 g/mol. The van der Waals surface area contributed by atoms with Crippen molar-refractivity contribution in [1.29, 1.82) is 0 Å². The molecule has 0 fully saturated rings. The Balaban J connectivity index is -0.000000234. The van der Waals surface area contributed by atoms with Crippen LogP contribution in [-0.2, 0) is 0 Å². The number of hydrogen-bond acceptors (Lipinski definition) is 1. The molecule has 0 aliphatic heterocycles. The predicted octanol–water partition coefficient (Wildman–Crippen LogP) is 7.01. The van der Waals surface area contributed by atoms with E-state index in [9.17, 15) is 0 Å². The van der Waals surface area contributed by atoms with Crippen molar-refractivity contribution in [3.8, 4) is 0 Å². The average Bonchev–Trinajstić information content (AvgIpc) is 2.45. The first-order chi connectivity index (χ1) is 9.85. The summed E-state index contributed by atoms with van der Waals surface area (Å²) in [5.41, 5.74) is 0. The molecule has 0 bridgehead atoms. The van der Waals surface area contributed by atoms with Gasteiger partial charge in [0, 0.05) is 0 Å². The zero-order valence-electron chi connectivity index (χ0n) is 17.0. The lowest BCUT2D eigenvalue weighted by Gasteiger charge is -2.07. The number of hydrogen-bond donors (Lipinski definition) is 0. The molecule has 1 nitrogen and oxygen atoms in total. The highest BCUT2D eigenvalue weighted by molar-refractivity contribution is 4.44. The molecule has 0 aromatic carbocycles. The molecule has 0 N–H and O–H groups in total. The van der Waals surface area contributed by atoms with Gasteiger partial charge in [-0.1, -0.05) is 100 Å². The van der Waals surface area contributed by atoms with Crippen molar-refractivity contribution in [3.05, 3.63) is 0 Å². The van der Waals surface area contributed by atoms with Crippen LogP contribution in [0.2, 0.25) is 0 Å². The van der Waals surface area contributed by atoms with Crippen LogP contribution in [0, 0.1) is 11.8 Å². The maximum Gasteiger partial charge on any atom is -0.00504 e. The molecule has 0 amide bonds. The maximum atomic E-state index is 2.29. The quantitative estimate of drug-likeness (QED) is 0.414. The Hall–Kier alpha value is -0.0400. The van der Waals surface area contributed by atoms with Gasteiger partial charge in [-0.15, -0.1) is 0 Å². The van der Waals surface area contributed by atoms with Crippen LogP contribution in [0.15, 0.2) is 0 Å². The molecule has 0 heterocycles. The summed E-state index contributed by atoms with van der Waals surface area (Å²) >= 11 is 0. The topological polar surface area (TPSA) is 3.24 Å². The van der Waals surface area contributed by atoms with Crippen LogP contribution in [0.25, 0.3) is 0 Å². The van der Waals surface area contributed by atoms with Gasteiger partial charge in [-0.05, 0) is 32.0 Å². The van der Waals surface area contributed by atoms with E-state index in [1.165, 1.54) is 44.9 Å². The monoisotopic (exact) mass is 301 g/mol. The van der Waals surface area contributed by atoms with E-state index in [0.717, 1.165) is 24.9 Å². The van der Waals surface area contributed by atoms with Crippen molar-refractivity contribution < 1.29 is 0 Å². The second-order valence-corrected chi connectivity index (χ2v) is 6.91. The fourth-order valence-electron chi connectivity index (χ4n) is 1.64. The Morgan fingerprint density at radius 3 is 1.19 bits per heavy atom. The molecular formula is C20H47N. The minimum atomic E-state index is 0.903.